The molecule has 0 heterocycles. The van der Waals surface area contributed by atoms with E-state index in [0.717, 1.165) is 22.7 Å². The molecule has 2 aromatic carbocycles. The molecule has 1 unspecified atom stereocenters. The first kappa shape index (κ1) is 21.5. The highest BCUT2D eigenvalue weighted by molar-refractivity contribution is 7.92. The highest BCUT2D eigenvalue weighted by Gasteiger charge is 2.23. The molecule has 0 bridgehead atoms. The summed E-state index contributed by atoms with van der Waals surface area (Å²) in [5, 5.41) is 2.75. The van der Waals surface area contributed by atoms with E-state index in [4.69, 9.17) is 9.47 Å². The van der Waals surface area contributed by atoms with Gasteiger partial charge < -0.3 is 14.8 Å². The zero-order chi connectivity index (χ0) is 20.9. The second-order valence-electron chi connectivity index (χ2n) is 6.14. The lowest BCUT2D eigenvalue weighted by Gasteiger charge is -2.24. The van der Waals surface area contributed by atoms with Gasteiger partial charge in [-0.15, -0.1) is 0 Å². The maximum absolute atomic E-state index is 13.1. The summed E-state index contributed by atoms with van der Waals surface area (Å²) >= 11 is 0. The summed E-state index contributed by atoms with van der Waals surface area (Å²) in [7, 11) is -0.701. The van der Waals surface area contributed by atoms with Crippen molar-refractivity contribution in [2.75, 3.05) is 31.3 Å². The number of anilines is 1. The molecule has 2 rings (SSSR count). The fourth-order valence-electron chi connectivity index (χ4n) is 2.68. The van der Waals surface area contributed by atoms with E-state index in [1.165, 1.54) is 26.4 Å². The molecule has 1 amide bonds. The molecule has 0 spiro atoms. The highest BCUT2D eigenvalue weighted by Crippen LogP contribution is 2.29. The third-order valence-corrected chi connectivity index (χ3v) is 5.22. The fourth-order valence-corrected chi connectivity index (χ4v) is 3.54. The second kappa shape index (κ2) is 8.92. The van der Waals surface area contributed by atoms with E-state index >= 15 is 0 Å². The van der Waals surface area contributed by atoms with Crippen molar-refractivity contribution in [1.29, 1.82) is 0 Å². The monoisotopic (exact) mass is 410 g/mol. The van der Waals surface area contributed by atoms with Crippen LogP contribution in [-0.4, -0.2) is 41.3 Å². The molecule has 0 aliphatic heterocycles. The molecule has 2 aromatic rings. The molecule has 0 radical (unpaired) electrons. The molecule has 0 aromatic heterocycles. The van der Waals surface area contributed by atoms with E-state index in [1.54, 1.807) is 25.1 Å². The minimum Gasteiger partial charge on any atom is -0.497 e. The van der Waals surface area contributed by atoms with Crippen LogP contribution in [0.5, 0.6) is 11.5 Å². The third kappa shape index (κ3) is 5.35. The van der Waals surface area contributed by atoms with Crippen LogP contribution in [0.2, 0.25) is 0 Å². The van der Waals surface area contributed by atoms with Crippen molar-refractivity contribution in [2.45, 2.75) is 13.0 Å². The van der Waals surface area contributed by atoms with Crippen molar-refractivity contribution < 1.29 is 27.1 Å². The van der Waals surface area contributed by atoms with Crippen LogP contribution in [0.1, 0.15) is 18.5 Å². The first-order valence-electron chi connectivity index (χ1n) is 8.40. The Bertz CT molecular complexity index is 932. The molecule has 0 saturated heterocycles. The standard InChI is InChI=1S/C19H23FN2O5S/c1-13(17-11-16(26-2)9-10-18(17)27-3)21-19(23)12-22(28(4,24)25)15-7-5-14(20)6-8-15/h5-11,13H,12H2,1-4H3,(H,21,23). The number of methoxy groups -OCH3 is 2. The van der Waals surface area contributed by atoms with Gasteiger partial charge >= 0.3 is 0 Å². The number of carbonyl (C=O) groups is 1. The number of hydrogen-bond acceptors (Lipinski definition) is 5. The van der Waals surface area contributed by atoms with E-state index in [-0.39, 0.29) is 5.69 Å². The van der Waals surface area contributed by atoms with Crippen molar-refractivity contribution in [3.8, 4) is 11.5 Å². The number of carbonyl (C=O) groups excluding carboxylic acids is 1. The number of sulfonamides is 1. The number of hydrogen-bond donors (Lipinski definition) is 1. The summed E-state index contributed by atoms with van der Waals surface area (Å²) in [5.41, 5.74) is 0.883. The summed E-state index contributed by atoms with van der Waals surface area (Å²) < 4.78 is 48.8. The molecule has 7 nitrogen and oxygen atoms in total. The zero-order valence-corrected chi connectivity index (χ0v) is 16.9. The Labute approximate surface area is 164 Å². The Kier molecular flexibility index (Phi) is 6.85. The van der Waals surface area contributed by atoms with Crippen molar-refractivity contribution in [3.63, 3.8) is 0 Å². The number of nitrogens with one attached hydrogen (secondary N) is 1. The molecule has 28 heavy (non-hydrogen) atoms. The first-order valence-corrected chi connectivity index (χ1v) is 10.2. The Morgan fingerprint density at radius 2 is 1.79 bits per heavy atom. The lowest BCUT2D eigenvalue weighted by molar-refractivity contribution is -0.120. The Hall–Kier alpha value is -2.81. The van der Waals surface area contributed by atoms with Gasteiger partial charge in [-0.05, 0) is 49.4 Å². The van der Waals surface area contributed by atoms with Crippen LogP contribution >= 0.6 is 0 Å². The molecule has 0 aliphatic carbocycles. The summed E-state index contributed by atoms with van der Waals surface area (Å²) in [6.45, 7) is 1.30. The maximum Gasteiger partial charge on any atom is 0.241 e. The van der Waals surface area contributed by atoms with Gasteiger partial charge in [0.1, 0.15) is 23.9 Å². The van der Waals surface area contributed by atoms with Gasteiger partial charge in [-0.3, -0.25) is 9.10 Å². The van der Waals surface area contributed by atoms with E-state index in [2.05, 4.69) is 5.32 Å². The quantitative estimate of drug-likeness (QED) is 0.723. The normalized spacial score (nSPS) is 12.2. The van der Waals surface area contributed by atoms with Gasteiger partial charge in [0.15, 0.2) is 0 Å². The molecule has 152 valence electrons. The van der Waals surface area contributed by atoms with Crippen LogP contribution in [-0.2, 0) is 14.8 Å². The van der Waals surface area contributed by atoms with Crippen LogP contribution in [0.15, 0.2) is 42.5 Å². The first-order chi connectivity index (χ1) is 13.2. The molecule has 0 fully saturated rings. The van der Waals surface area contributed by atoms with E-state index in [9.17, 15) is 17.6 Å². The molecular weight excluding hydrogens is 387 g/mol. The summed E-state index contributed by atoms with van der Waals surface area (Å²) in [6, 6.07) is 9.60. The topological polar surface area (TPSA) is 84.9 Å². The van der Waals surface area contributed by atoms with Gasteiger partial charge in [-0.1, -0.05) is 0 Å². The molecule has 0 saturated carbocycles. The van der Waals surface area contributed by atoms with Crippen molar-refractivity contribution >= 4 is 21.6 Å². The average Bonchev–Trinajstić information content (AvgIpc) is 2.65. The summed E-state index contributed by atoms with van der Waals surface area (Å²) in [6.07, 6.45) is 0.984. The van der Waals surface area contributed by atoms with Gasteiger partial charge in [0.05, 0.1) is 32.2 Å². The van der Waals surface area contributed by atoms with Gasteiger partial charge in [-0.2, -0.15) is 0 Å². The Balaban J connectivity index is 2.20. The Morgan fingerprint density at radius 3 is 2.32 bits per heavy atom. The third-order valence-electron chi connectivity index (χ3n) is 4.08. The second-order valence-corrected chi connectivity index (χ2v) is 8.05. The molecule has 0 aliphatic rings. The van der Waals surface area contributed by atoms with Crippen LogP contribution < -0.4 is 19.1 Å². The van der Waals surface area contributed by atoms with Crippen molar-refractivity contribution in [3.05, 3.63) is 53.8 Å². The lowest BCUT2D eigenvalue weighted by atomic mass is 10.1. The molecule has 9 heteroatoms. The largest absolute Gasteiger partial charge is 0.497 e. The van der Waals surface area contributed by atoms with Crippen LogP contribution in [0.4, 0.5) is 10.1 Å². The predicted molar refractivity (Wildman–Crippen MR) is 105 cm³/mol. The summed E-state index contributed by atoms with van der Waals surface area (Å²) in [4.78, 5) is 12.5. The van der Waals surface area contributed by atoms with E-state index in [0.29, 0.717) is 17.1 Å². The number of benzene rings is 2. The SMILES string of the molecule is COc1ccc(OC)c(C(C)NC(=O)CN(c2ccc(F)cc2)S(C)(=O)=O)c1. The Morgan fingerprint density at radius 1 is 1.14 bits per heavy atom. The fraction of sp³-hybridized carbons (Fsp3) is 0.316. The van der Waals surface area contributed by atoms with Crippen molar-refractivity contribution in [2.24, 2.45) is 0 Å². The number of ether oxygens (including phenoxy) is 2. The molecule has 1 atom stereocenters. The van der Waals surface area contributed by atoms with Crippen molar-refractivity contribution in [1.82, 2.24) is 5.32 Å². The zero-order valence-electron chi connectivity index (χ0n) is 16.1. The molecule has 1 N–H and O–H groups in total. The van der Waals surface area contributed by atoms with E-state index < -0.39 is 34.3 Å². The van der Waals surface area contributed by atoms with Crippen LogP contribution in [0.25, 0.3) is 0 Å². The lowest BCUT2D eigenvalue weighted by Crippen LogP contribution is -2.41. The number of halogens is 1. The van der Waals surface area contributed by atoms with Gasteiger partial charge in [0.2, 0.25) is 15.9 Å². The van der Waals surface area contributed by atoms with Gasteiger partial charge in [-0.25, -0.2) is 12.8 Å². The number of nitrogens with zero attached hydrogens (tertiary/aromatic N) is 1. The minimum absolute atomic E-state index is 0.200. The van der Waals surface area contributed by atoms with E-state index in [1.807, 2.05) is 0 Å². The van der Waals surface area contributed by atoms with Crippen LogP contribution in [0, 0.1) is 5.82 Å². The molecular formula is C19H23FN2O5S. The highest BCUT2D eigenvalue weighted by atomic mass is 32.2. The maximum atomic E-state index is 13.1. The summed E-state index contributed by atoms with van der Waals surface area (Å²) in [5.74, 6) is 0.139. The van der Waals surface area contributed by atoms with Crippen LogP contribution in [0.3, 0.4) is 0 Å². The average molecular weight is 410 g/mol. The number of amides is 1. The number of rotatable bonds is 8. The van der Waals surface area contributed by atoms with Gasteiger partial charge in [0.25, 0.3) is 0 Å². The minimum atomic E-state index is -3.74. The smallest absolute Gasteiger partial charge is 0.241 e. The predicted octanol–water partition coefficient (Wildman–Crippen LogP) is 2.49. The van der Waals surface area contributed by atoms with Gasteiger partial charge in [0, 0.05) is 5.56 Å².